The highest BCUT2D eigenvalue weighted by atomic mass is 35.5. The van der Waals surface area contributed by atoms with Gasteiger partial charge in [0.1, 0.15) is 0 Å². The zero-order valence-corrected chi connectivity index (χ0v) is 17.3. The Bertz CT molecular complexity index is 896. The van der Waals surface area contributed by atoms with Gasteiger partial charge in [-0.2, -0.15) is 4.31 Å². The molecule has 1 unspecified atom stereocenters. The first-order valence-corrected chi connectivity index (χ1v) is 10.8. The zero-order chi connectivity index (χ0) is 20.0. The zero-order valence-electron chi connectivity index (χ0n) is 15.8. The van der Waals surface area contributed by atoms with Crippen molar-refractivity contribution in [3.8, 4) is 0 Å². The van der Waals surface area contributed by atoms with Crippen molar-refractivity contribution in [3.63, 3.8) is 0 Å². The maximum Gasteiger partial charge on any atom is 0.251 e. The topological polar surface area (TPSA) is 66.5 Å². The van der Waals surface area contributed by atoms with Gasteiger partial charge in [-0.1, -0.05) is 50.6 Å². The summed E-state index contributed by atoms with van der Waals surface area (Å²) in [7, 11) is -3.61. The van der Waals surface area contributed by atoms with Gasteiger partial charge in [0.05, 0.1) is 10.9 Å². The SMILES string of the molecule is CCC(NC(=O)c1cccc(S(=O)(=O)N(CC)CC)c1)c1cccc(Cl)c1. The number of carbonyl (C=O) groups excluding carboxylic acids is 1. The molecular formula is C20H25ClN2O3S. The van der Waals surface area contributed by atoms with Crippen LogP contribution in [0, 0.1) is 0 Å². The Labute approximate surface area is 166 Å². The van der Waals surface area contributed by atoms with Crippen LogP contribution >= 0.6 is 11.6 Å². The fourth-order valence-electron chi connectivity index (χ4n) is 2.90. The molecule has 0 radical (unpaired) electrons. The van der Waals surface area contributed by atoms with Gasteiger partial charge in [0.2, 0.25) is 10.0 Å². The first-order chi connectivity index (χ1) is 12.8. The van der Waals surface area contributed by atoms with Gasteiger partial charge >= 0.3 is 0 Å². The number of nitrogens with one attached hydrogen (secondary N) is 1. The van der Waals surface area contributed by atoms with Crippen LogP contribution in [-0.2, 0) is 10.0 Å². The molecule has 0 saturated carbocycles. The largest absolute Gasteiger partial charge is 0.345 e. The molecule has 1 amide bonds. The van der Waals surface area contributed by atoms with Gasteiger partial charge in [-0.05, 0) is 42.3 Å². The lowest BCUT2D eigenvalue weighted by molar-refractivity contribution is 0.0935. The molecule has 2 aromatic carbocycles. The smallest absolute Gasteiger partial charge is 0.251 e. The third kappa shape index (κ3) is 5.09. The maximum absolute atomic E-state index is 12.7. The first kappa shape index (κ1) is 21.4. The summed E-state index contributed by atoms with van der Waals surface area (Å²) < 4.78 is 26.7. The van der Waals surface area contributed by atoms with Gasteiger partial charge in [-0.15, -0.1) is 0 Å². The summed E-state index contributed by atoms with van der Waals surface area (Å²) >= 11 is 6.04. The average Bonchev–Trinajstić information content (AvgIpc) is 2.66. The van der Waals surface area contributed by atoms with Crippen molar-refractivity contribution >= 4 is 27.5 Å². The highest BCUT2D eigenvalue weighted by Gasteiger charge is 2.23. The Balaban J connectivity index is 2.27. The molecule has 146 valence electrons. The average molecular weight is 409 g/mol. The quantitative estimate of drug-likeness (QED) is 0.709. The Hall–Kier alpha value is -1.89. The van der Waals surface area contributed by atoms with E-state index in [0.717, 1.165) is 5.56 Å². The number of rotatable bonds is 8. The molecule has 0 aliphatic rings. The maximum atomic E-state index is 12.7. The highest BCUT2D eigenvalue weighted by molar-refractivity contribution is 7.89. The summed E-state index contributed by atoms with van der Waals surface area (Å²) in [4.78, 5) is 12.8. The summed E-state index contributed by atoms with van der Waals surface area (Å²) in [6, 6.07) is 13.3. The van der Waals surface area contributed by atoms with E-state index in [1.165, 1.54) is 16.4 Å². The molecule has 27 heavy (non-hydrogen) atoms. The van der Waals surface area contributed by atoms with Gasteiger partial charge in [-0.3, -0.25) is 4.79 Å². The predicted molar refractivity (Wildman–Crippen MR) is 108 cm³/mol. The van der Waals surface area contributed by atoms with Crippen LogP contribution in [0.1, 0.15) is 49.2 Å². The van der Waals surface area contributed by atoms with Crippen LogP contribution in [-0.4, -0.2) is 31.7 Å². The Morgan fingerprint density at radius 1 is 1.07 bits per heavy atom. The van der Waals surface area contributed by atoms with Crippen LogP contribution in [0.4, 0.5) is 0 Å². The molecule has 2 aromatic rings. The number of hydrogen-bond donors (Lipinski definition) is 1. The monoisotopic (exact) mass is 408 g/mol. The minimum absolute atomic E-state index is 0.120. The fourth-order valence-corrected chi connectivity index (χ4v) is 4.60. The van der Waals surface area contributed by atoms with Crippen LogP contribution in [0.3, 0.4) is 0 Å². The van der Waals surface area contributed by atoms with Crippen molar-refractivity contribution in [1.82, 2.24) is 9.62 Å². The van der Waals surface area contributed by atoms with Crippen molar-refractivity contribution in [2.45, 2.75) is 38.1 Å². The molecule has 0 aliphatic carbocycles. The van der Waals surface area contributed by atoms with Crippen molar-refractivity contribution in [2.75, 3.05) is 13.1 Å². The highest BCUT2D eigenvalue weighted by Crippen LogP contribution is 2.22. The lowest BCUT2D eigenvalue weighted by atomic mass is 10.0. The standard InChI is InChI=1S/C20H25ClN2O3S/c1-4-19(15-9-7-11-17(21)13-15)22-20(24)16-10-8-12-18(14-16)27(25,26)23(5-2)6-3/h7-14,19H,4-6H2,1-3H3,(H,22,24). The third-order valence-corrected chi connectivity index (χ3v) is 6.69. The second kappa shape index (κ2) is 9.35. The molecular weight excluding hydrogens is 384 g/mol. The van der Waals surface area contributed by atoms with Crippen molar-refractivity contribution in [1.29, 1.82) is 0 Å². The van der Waals surface area contributed by atoms with Gasteiger partial charge in [-0.25, -0.2) is 8.42 Å². The molecule has 2 rings (SSSR count). The van der Waals surface area contributed by atoms with E-state index < -0.39 is 10.0 Å². The first-order valence-electron chi connectivity index (χ1n) is 9.00. The summed E-state index contributed by atoms with van der Waals surface area (Å²) in [5.41, 5.74) is 1.22. The van der Waals surface area contributed by atoms with E-state index in [1.807, 2.05) is 25.1 Å². The summed E-state index contributed by atoms with van der Waals surface area (Å²) in [6.07, 6.45) is 0.684. The predicted octanol–water partition coefficient (Wildman–Crippen LogP) is 4.25. The number of hydrogen-bond acceptors (Lipinski definition) is 3. The van der Waals surface area contributed by atoms with Gasteiger partial charge in [0.25, 0.3) is 5.91 Å². The van der Waals surface area contributed by atoms with E-state index in [4.69, 9.17) is 11.6 Å². The molecule has 1 atom stereocenters. The molecule has 0 saturated heterocycles. The Morgan fingerprint density at radius 2 is 1.74 bits per heavy atom. The minimum Gasteiger partial charge on any atom is -0.345 e. The van der Waals surface area contributed by atoms with Crippen molar-refractivity contribution < 1.29 is 13.2 Å². The molecule has 5 nitrogen and oxygen atoms in total. The number of nitrogens with zero attached hydrogens (tertiary/aromatic N) is 1. The Kier molecular flexibility index (Phi) is 7.41. The van der Waals surface area contributed by atoms with Gasteiger partial charge in [0.15, 0.2) is 0 Å². The van der Waals surface area contributed by atoms with E-state index in [-0.39, 0.29) is 16.8 Å². The van der Waals surface area contributed by atoms with Crippen LogP contribution in [0.15, 0.2) is 53.4 Å². The minimum atomic E-state index is -3.61. The van der Waals surface area contributed by atoms with Crippen molar-refractivity contribution in [3.05, 3.63) is 64.7 Å². The van der Waals surface area contributed by atoms with Crippen LogP contribution < -0.4 is 5.32 Å². The molecule has 7 heteroatoms. The number of halogens is 1. The van der Waals surface area contributed by atoms with E-state index >= 15 is 0 Å². The van der Waals surface area contributed by atoms with E-state index in [9.17, 15) is 13.2 Å². The van der Waals surface area contributed by atoms with E-state index in [2.05, 4.69) is 5.32 Å². The summed E-state index contributed by atoms with van der Waals surface area (Å²) in [5, 5.41) is 3.56. The Morgan fingerprint density at radius 3 is 2.33 bits per heavy atom. The number of carbonyl (C=O) groups is 1. The van der Waals surface area contributed by atoms with E-state index in [1.54, 1.807) is 32.0 Å². The number of sulfonamides is 1. The molecule has 0 spiro atoms. The molecule has 1 N–H and O–H groups in total. The lowest BCUT2D eigenvalue weighted by Gasteiger charge is -2.20. The number of amides is 1. The fraction of sp³-hybridized carbons (Fsp3) is 0.350. The second-order valence-electron chi connectivity index (χ2n) is 6.11. The normalized spacial score (nSPS) is 12.8. The molecule has 0 aliphatic heterocycles. The molecule has 0 aromatic heterocycles. The van der Waals surface area contributed by atoms with Crippen LogP contribution in [0.25, 0.3) is 0 Å². The van der Waals surface area contributed by atoms with Crippen LogP contribution in [0.5, 0.6) is 0 Å². The molecule has 0 fully saturated rings. The summed E-state index contributed by atoms with van der Waals surface area (Å²) in [6.45, 7) is 6.29. The van der Waals surface area contributed by atoms with Crippen molar-refractivity contribution in [2.24, 2.45) is 0 Å². The van der Waals surface area contributed by atoms with E-state index in [0.29, 0.717) is 30.1 Å². The molecule has 0 bridgehead atoms. The van der Waals surface area contributed by atoms with Crippen LogP contribution in [0.2, 0.25) is 5.02 Å². The molecule has 0 heterocycles. The lowest BCUT2D eigenvalue weighted by Crippen LogP contribution is -2.31. The summed E-state index contributed by atoms with van der Waals surface area (Å²) in [5.74, 6) is -0.321. The number of benzene rings is 2. The van der Waals surface area contributed by atoms with Gasteiger partial charge < -0.3 is 5.32 Å². The third-order valence-electron chi connectivity index (χ3n) is 4.40. The van der Waals surface area contributed by atoms with Gasteiger partial charge in [0, 0.05) is 23.7 Å². The second-order valence-corrected chi connectivity index (χ2v) is 8.48.